The van der Waals surface area contributed by atoms with Crippen LogP contribution in [0, 0.1) is 0 Å². The van der Waals surface area contributed by atoms with Crippen LogP contribution in [0.25, 0.3) is 10.9 Å². The summed E-state index contributed by atoms with van der Waals surface area (Å²) < 4.78 is 5.50. The van der Waals surface area contributed by atoms with E-state index >= 15 is 0 Å². The number of benzene rings is 1. The second-order valence-electron chi connectivity index (χ2n) is 5.37. The first-order valence-corrected chi connectivity index (χ1v) is 7.71. The highest BCUT2D eigenvalue weighted by atomic mass is 16.5. The molecule has 2 aromatic heterocycles. The van der Waals surface area contributed by atoms with Crippen molar-refractivity contribution in [3.63, 3.8) is 0 Å². The average Bonchev–Trinajstić information content (AvgIpc) is 2.61. The van der Waals surface area contributed by atoms with E-state index in [1.54, 1.807) is 0 Å². The molecule has 0 aliphatic rings. The summed E-state index contributed by atoms with van der Waals surface area (Å²) in [5, 5.41) is 1.06. The maximum Gasteiger partial charge on any atom is 0.213 e. The molecule has 0 spiro atoms. The summed E-state index contributed by atoms with van der Waals surface area (Å²) in [6.07, 6.45) is 4.27. The number of aldehydes is 1. The van der Waals surface area contributed by atoms with Crippen molar-refractivity contribution in [1.82, 2.24) is 9.97 Å². The first-order chi connectivity index (χ1) is 11.3. The van der Waals surface area contributed by atoms with E-state index in [9.17, 15) is 4.79 Å². The van der Waals surface area contributed by atoms with Crippen molar-refractivity contribution in [2.75, 3.05) is 6.61 Å². The average molecular weight is 306 g/mol. The molecule has 3 rings (SSSR count). The Labute approximate surface area is 135 Å². The molecule has 0 N–H and O–H groups in total. The maximum atomic E-state index is 11.1. The van der Waals surface area contributed by atoms with Gasteiger partial charge in [-0.05, 0) is 36.1 Å². The first-order valence-electron chi connectivity index (χ1n) is 7.71. The van der Waals surface area contributed by atoms with E-state index in [0.717, 1.165) is 34.7 Å². The Kier molecular flexibility index (Phi) is 4.62. The van der Waals surface area contributed by atoms with Crippen LogP contribution in [0.2, 0.25) is 0 Å². The molecule has 0 amide bonds. The lowest BCUT2D eigenvalue weighted by Crippen LogP contribution is -1.99. The van der Waals surface area contributed by atoms with Crippen molar-refractivity contribution in [3.8, 4) is 5.88 Å². The molecule has 0 radical (unpaired) electrons. The van der Waals surface area contributed by atoms with Crippen LogP contribution in [0.1, 0.15) is 35.0 Å². The topological polar surface area (TPSA) is 52.1 Å². The smallest absolute Gasteiger partial charge is 0.213 e. The van der Waals surface area contributed by atoms with Gasteiger partial charge in [0.2, 0.25) is 5.88 Å². The van der Waals surface area contributed by atoms with Gasteiger partial charge in [0.25, 0.3) is 0 Å². The van der Waals surface area contributed by atoms with Crippen LogP contribution in [0.5, 0.6) is 5.88 Å². The molecule has 2 heterocycles. The zero-order valence-corrected chi connectivity index (χ0v) is 13.0. The zero-order chi connectivity index (χ0) is 16.1. The van der Waals surface area contributed by atoms with Crippen LogP contribution in [0.3, 0.4) is 0 Å². The Morgan fingerprint density at radius 3 is 2.78 bits per heavy atom. The summed E-state index contributed by atoms with van der Waals surface area (Å²) >= 11 is 0. The van der Waals surface area contributed by atoms with Gasteiger partial charge in [-0.15, -0.1) is 0 Å². The quantitative estimate of drug-likeness (QED) is 0.650. The largest absolute Gasteiger partial charge is 0.478 e. The predicted octanol–water partition coefficient (Wildman–Crippen LogP) is 3.82. The van der Waals surface area contributed by atoms with Gasteiger partial charge in [0, 0.05) is 17.6 Å². The molecule has 3 aromatic rings. The fourth-order valence-electron chi connectivity index (χ4n) is 2.50. The zero-order valence-electron chi connectivity index (χ0n) is 13.0. The summed E-state index contributed by atoms with van der Waals surface area (Å²) in [6, 6.07) is 13.6. The molecule has 4 heteroatoms. The van der Waals surface area contributed by atoms with Crippen LogP contribution in [-0.4, -0.2) is 22.9 Å². The van der Waals surface area contributed by atoms with Crippen molar-refractivity contribution in [2.45, 2.75) is 19.8 Å². The summed E-state index contributed by atoms with van der Waals surface area (Å²) in [5.41, 5.74) is 3.43. The van der Waals surface area contributed by atoms with Gasteiger partial charge in [-0.3, -0.25) is 4.79 Å². The molecule has 0 unspecified atom stereocenters. The van der Waals surface area contributed by atoms with Crippen LogP contribution in [-0.2, 0) is 6.42 Å². The highest BCUT2D eigenvalue weighted by Crippen LogP contribution is 2.21. The Hall–Kier alpha value is -2.75. The van der Waals surface area contributed by atoms with Crippen molar-refractivity contribution in [2.24, 2.45) is 0 Å². The number of hydrogen-bond donors (Lipinski definition) is 0. The number of para-hydroxylation sites is 1. The highest BCUT2D eigenvalue weighted by molar-refractivity contribution is 5.86. The van der Waals surface area contributed by atoms with Crippen LogP contribution < -0.4 is 4.74 Å². The minimum absolute atomic E-state index is 0.453. The lowest BCUT2D eigenvalue weighted by atomic mass is 10.0. The van der Waals surface area contributed by atoms with E-state index in [4.69, 9.17) is 4.74 Å². The number of ether oxygens (including phenoxy) is 1. The SMILES string of the molecule is CCCOc1ccc(Cc2cc(C=O)nc3ccccc23)cn1. The van der Waals surface area contributed by atoms with E-state index in [1.807, 2.05) is 48.7 Å². The first kappa shape index (κ1) is 15.2. The number of aromatic nitrogens is 2. The van der Waals surface area contributed by atoms with Gasteiger partial charge >= 0.3 is 0 Å². The molecule has 0 fully saturated rings. The monoisotopic (exact) mass is 306 g/mol. The van der Waals surface area contributed by atoms with Crippen molar-refractivity contribution in [3.05, 3.63) is 65.5 Å². The summed E-state index contributed by atoms with van der Waals surface area (Å²) in [5.74, 6) is 0.642. The fourth-order valence-corrected chi connectivity index (χ4v) is 2.50. The van der Waals surface area contributed by atoms with Gasteiger partial charge in [-0.2, -0.15) is 0 Å². The van der Waals surface area contributed by atoms with Gasteiger partial charge in [0.05, 0.1) is 12.1 Å². The van der Waals surface area contributed by atoms with Gasteiger partial charge in [-0.1, -0.05) is 31.2 Å². The molecule has 0 saturated heterocycles. The molecule has 0 atom stereocenters. The highest BCUT2D eigenvalue weighted by Gasteiger charge is 2.07. The molecule has 4 nitrogen and oxygen atoms in total. The van der Waals surface area contributed by atoms with Gasteiger partial charge in [-0.25, -0.2) is 9.97 Å². The molecule has 0 aliphatic carbocycles. The third-order valence-electron chi connectivity index (χ3n) is 3.59. The van der Waals surface area contributed by atoms with Crippen LogP contribution in [0.15, 0.2) is 48.7 Å². The third kappa shape index (κ3) is 3.54. The molecule has 116 valence electrons. The molecule has 0 saturated carbocycles. The minimum atomic E-state index is 0.453. The van der Waals surface area contributed by atoms with Gasteiger partial charge in [0.15, 0.2) is 6.29 Å². The lowest BCUT2D eigenvalue weighted by Gasteiger charge is -2.08. The standard InChI is InChI=1S/C19H18N2O2/c1-2-9-23-19-8-7-14(12-20-19)10-15-11-16(13-22)21-18-6-4-3-5-17(15)18/h3-8,11-13H,2,9-10H2,1H3. The van der Waals surface area contributed by atoms with Crippen LogP contribution in [0.4, 0.5) is 0 Å². The lowest BCUT2D eigenvalue weighted by molar-refractivity contribution is 0.111. The minimum Gasteiger partial charge on any atom is -0.478 e. The second kappa shape index (κ2) is 7.01. The van der Waals surface area contributed by atoms with Crippen LogP contribution >= 0.6 is 0 Å². The molecule has 0 bridgehead atoms. The molecule has 1 aromatic carbocycles. The van der Waals surface area contributed by atoms with E-state index in [1.165, 1.54) is 0 Å². The van der Waals surface area contributed by atoms with Crippen molar-refractivity contribution < 1.29 is 9.53 Å². The van der Waals surface area contributed by atoms with E-state index in [0.29, 0.717) is 24.6 Å². The van der Waals surface area contributed by atoms with E-state index < -0.39 is 0 Å². The van der Waals surface area contributed by atoms with Crippen molar-refractivity contribution in [1.29, 1.82) is 0 Å². The number of carbonyl (C=O) groups excluding carboxylic acids is 1. The third-order valence-corrected chi connectivity index (χ3v) is 3.59. The number of pyridine rings is 2. The number of hydrogen-bond acceptors (Lipinski definition) is 4. The molecule has 23 heavy (non-hydrogen) atoms. The number of carbonyl (C=O) groups is 1. The van der Waals surface area contributed by atoms with E-state index in [-0.39, 0.29) is 0 Å². The van der Waals surface area contributed by atoms with Gasteiger partial charge in [0.1, 0.15) is 5.69 Å². The molecular formula is C19H18N2O2. The second-order valence-corrected chi connectivity index (χ2v) is 5.37. The number of nitrogens with zero attached hydrogens (tertiary/aromatic N) is 2. The maximum absolute atomic E-state index is 11.1. The van der Waals surface area contributed by atoms with Crippen molar-refractivity contribution >= 4 is 17.2 Å². The number of fused-ring (bicyclic) bond motifs is 1. The normalized spacial score (nSPS) is 10.7. The Bertz CT molecular complexity index is 813. The number of rotatable bonds is 6. The summed E-state index contributed by atoms with van der Waals surface area (Å²) in [4.78, 5) is 19.8. The Morgan fingerprint density at radius 1 is 1.17 bits per heavy atom. The molecule has 0 aliphatic heterocycles. The molecular weight excluding hydrogens is 288 g/mol. The Morgan fingerprint density at radius 2 is 2.04 bits per heavy atom. The van der Waals surface area contributed by atoms with E-state index in [2.05, 4.69) is 16.9 Å². The fraction of sp³-hybridized carbons (Fsp3) is 0.211. The van der Waals surface area contributed by atoms with Gasteiger partial charge < -0.3 is 4.74 Å². The summed E-state index contributed by atoms with van der Waals surface area (Å²) in [7, 11) is 0. The summed E-state index contributed by atoms with van der Waals surface area (Å²) in [6.45, 7) is 2.73. The predicted molar refractivity (Wildman–Crippen MR) is 90.0 cm³/mol. The Balaban J connectivity index is 1.90.